The quantitative estimate of drug-likeness (QED) is 0.493. The van der Waals surface area contributed by atoms with Crippen LogP contribution in [0.4, 0.5) is 16.3 Å². The number of carbonyl (C=O) groups is 1. The molecular weight excluding hydrogens is 342 g/mol. The summed E-state index contributed by atoms with van der Waals surface area (Å²) in [6, 6.07) is 6.43. The molecule has 0 fully saturated rings. The second-order valence-electron chi connectivity index (χ2n) is 5.52. The van der Waals surface area contributed by atoms with Gasteiger partial charge in [-0.15, -0.1) is 0 Å². The first-order valence-corrected chi connectivity index (χ1v) is 7.91. The Balaban J connectivity index is 2.03. The topological polar surface area (TPSA) is 113 Å². The van der Waals surface area contributed by atoms with E-state index in [0.29, 0.717) is 16.3 Å². The van der Waals surface area contributed by atoms with Crippen LogP contribution >= 0.6 is 11.6 Å². The number of nitrogens with one attached hydrogen (secondary N) is 3. The van der Waals surface area contributed by atoms with E-state index in [2.05, 4.69) is 15.6 Å². The summed E-state index contributed by atoms with van der Waals surface area (Å²) >= 11 is 6.01. The molecule has 7 nitrogen and oxygen atoms in total. The number of methoxy groups -OCH3 is 1. The molecule has 0 aliphatic carbocycles. The minimum absolute atomic E-state index is 0.0901. The van der Waals surface area contributed by atoms with E-state index in [1.807, 2.05) is 26.0 Å². The number of nitrogens with two attached hydrogens (primary N) is 1. The Bertz CT molecular complexity index is 810. The van der Waals surface area contributed by atoms with Gasteiger partial charge in [0.1, 0.15) is 5.82 Å². The Labute approximate surface area is 151 Å². The smallest absolute Gasteiger partial charge is 0.320 e. The maximum absolute atomic E-state index is 12.1. The molecular formula is C17H20ClN5O2. The van der Waals surface area contributed by atoms with Gasteiger partial charge in [-0.25, -0.2) is 9.78 Å². The molecule has 0 saturated heterocycles. The third-order valence-corrected chi connectivity index (χ3v) is 4.08. The number of hydrogen-bond donors (Lipinski definition) is 4. The van der Waals surface area contributed by atoms with Crippen LogP contribution in [0.15, 0.2) is 30.5 Å². The van der Waals surface area contributed by atoms with Gasteiger partial charge in [-0.2, -0.15) is 0 Å². The van der Waals surface area contributed by atoms with Crippen molar-refractivity contribution in [1.29, 1.82) is 5.41 Å². The number of amides is 2. The third-order valence-electron chi connectivity index (χ3n) is 3.66. The Kier molecular flexibility index (Phi) is 5.82. The molecule has 0 radical (unpaired) electrons. The third kappa shape index (κ3) is 4.60. The number of pyridine rings is 1. The van der Waals surface area contributed by atoms with Crippen molar-refractivity contribution in [2.75, 3.05) is 18.2 Å². The van der Waals surface area contributed by atoms with Crippen molar-refractivity contribution < 1.29 is 9.53 Å². The molecule has 0 bridgehead atoms. The molecule has 25 heavy (non-hydrogen) atoms. The summed E-state index contributed by atoms with van der Waals surface area (Å²) in [4.78, 5) is 16.2. The lowest BCUT2D eigenvalue weighted by Crippen LogP contribution is -2.31. The molecule has 0 saturated carbocycles. The van der Waals surface area contributed by atoms with Crippen LogP contribution in [0, 0.1) is 12.3 Å². The largest absolute Gasteiger partial charge is 0.481 e. The summed E-state index contributed by atoms with van der Waals surface area (Å²) < 4.78 is 4.81. The van der Waals surface area contributed by atoms with Crippen LogP contribution in [0.5, 0.6) is 0 Å². The predicted molar refractivity (Wildman–Crippen MR) is 99.2 cm³/mol. The first-order valence-electron chi connectivity index (χ1n) is 7.53. The van der Waals surface area contributed by atoms with Crippen LogP contribution < -0.4 is 16.4 Å². The van der Waals surface area contributed by atoms with Crippen molar-refractivity contribution in [3.8, 4) is 0 Å². The van der Waals surface area contributed by atoms with E-state index < -0.39 is 6.03 Å². The molecule has 132 valence electrons. The highest BCUT2D eigenvalue weighted by molar-refractivity contribution is 6.31. The second-order valence-corrected chi connectivity index (χ2v) is 5.93. The fourth-order valence-corrected chi connectivity index (χ4v) is 2.33. The SMILES string of the molecule is COC(=N)c1cnc(NC(=O)NC(C)c2ccc(Cl)c(C)c2)cc1N. The Morgan fingerprint density at radius 3 is 2.72 bits per heavy atom. The second kappa shape index (κ2) is 7.85. The van der Waals surface area contributed by atoms with E-state index in [9.17, 15) is 4.79 Å². The van der Waals surface area contributed by atoms with Crippen molar-refractivity contribution in [3.05, 3.63) is 52.2 Å². The highest BCUT2D eigenvalue weighted by Gasteiger charge is 2.13. The van der Waals surface area contributed by atoms with Crippen LogP contribution in [0.1, 0.15) is 29.7 Å². The van der Waals surface area contributed by atoms with Gasteiger partial charge < -0.3 is 15.8 Å². The van der Waals surface area contributed by atoms with Gasteiger partial charge in [0, 0.05) is 23.0 Å². The fourth-order valence-electron chi connectivity index (χ4n) is 2.21. The number of nitrogen functional groups attached to an aromatic ring is 1. The van der Waals surface area contributed by atoms with Gasteiger partial charge in [0.15, 0.2) is 0 Å². The first kappa shape index (κ1) is 18.5. The number of nitrogens with zero attached hydrogens (tertiary/aromatic N) is 1. The number of ether oxygens (including phenoxy) is 1. The monoisotopic (exact) mass is 361 g/mol. The molecule has 2 rings (SSSR count). The Morgan fingerprint density at radius 1 is 1.40 bits per heavy atom. The number of aryl methyl sites for hydroxylation is 1. The highest BCUT2D eigenvalue weighted by atomic mass is 35.5. The normalized spacial score (nSPS) is 11.5. The minimum Gasteiger partial charge on any atom is -0.481 e. The maximum atomic E-state index is 12.1. The van der Waals surface area contributed by atoms with E-state index in [-0.39, 0.29) is 17.8 Å². The van der Waals surface area contributed by atoms with E-state index in [4.69, 9.17) is 27.5 Å². The van der Waals surface area contributed by atoms with E-state index in [1.54, 1.807) is 6.07 Å². The molecule has 1 aromatic carbocycles. The molecule has 0 aliphatic heterocycles. The lowest BCUT2D eigenvalue weighted by atomic mass is 10.1. The molecule has 1 aromatic heterocycles. The van der Waals surface area contributed by atoms with E-state index >= 15 is 0 Å². The molecule has 1 heterocycles. The van der Waals surface area contributed by atoms with Gasteiger partial charge in [0.05, 0.1) is 18.7 Å². The number of anilines is 2. The molecule has 0 spiro atoms. The lowest BCUT2D eigenvalue weighted by Gasteiger charge is -2.16. The van der Waals surface area contributed by atoms with Crippen molar-refractivity contribution in [2.24, 2.45) is 0 Å². The number of urea groups is 1. The van der Waals surface area contributed by atoms with Crippen molar-refractivity contribution in [2.45, 2.75) is 19.9 Å². The number of aromatic nitrogens is 1. The predicted octanol–water partition coefficient (Wildman–Crippen LogP) is 3.48. The van der Waals surface area contributed by atoms with E-state index in [0.717, 1.165) is 11.1 Å². The average Bonchev–Trinajstić information content (AvgIpc) is 2.56. The Morgan fingerprint density at radius 2 is 2.12 bits per heavy atom. The van der Waals surface area contributed by atoms with Gasteiger partial charge in [-0.1, -0.05) is 23.7 Å². The molecule has 1 unspecified atom stereocenters. The van der Waals surface area contributed by atoms with E-state index in [1.165, 1.54) is 19.4 Å². The van der Waals surface area contributed by atoms with Crippen molar-refractivity contribution in [1.82, 2.24) is 10.3 Å². The summed E-state index contributed by atoms with van der Waals surface area (Å²) in [5.74, 6) is 0.190. The van der Waals surface area contributed by atoms with Crippen LogP contribution in [0.2, 0.25) is 5.02 Å². The van der Waals surface area contributed by atoms with Crippen molar-refractivity contribution >= 4 is 35.0 Å². The van der Waals surface area contributed by atoms with Crippen molar-refractivity contribution in [3.63, 3.8) is 0 Å². The number of rotatable bonds is 4. The number of hydrogen-bond acceptors (Lipinski definition) is 5. The molecule has 5 N–H and O–H groups in total. The number of carbonyl (C=O) groups excluding carboxylic acids is 1. The van der Waals surface area contributed by atoms with Crippen LogP contribution in [-0.2, 0) is 4.74 Å². The molecule has 2 amide bonds. The van der Waals surface area contributed by atoms with Gasteiger partial charge in [-0.05, 0) is 31.0 Å². The van der Waals surface area contributed by atoms with Gasteiger partial charge in [0.2, 0.25) is 5.90 Å². The standard InChI is InChI=1S/C17H20ClN5O2/c1-9-6-11(4-5-13(9)18)10(2)22-17(24)23-15-7-14(19)12(8-21-15)16(20)25-3/h4-8,10,20H,1-3H3,(H4,19,21,22,23,24). The zero-order chi connectivity index (χ0) is 18.6. The summed E-state index contributed by atoms with van der Waals surface area (Å²) in [5, 5.41) is 13.7. The van der Waals surface area contributed by atoms with Crippen LogP contribution in [0.3, 0.4) is 0 Å². The molecule has 1 atom stereocenters. The Hall–Kier alpha value is -2.80. The zero-order valence-electron chi connectivity index (χ0n) is 14.2. The summed E-state index contributed by atoms with van der Waals surface area (Å²) in [6.45, 7) is 3.78. The van der Waals surface area contributed by atoms with Crippen LogP contribution in [-0.4, -0.2) is 24.0 Å². The summed E-state index contributed by atoms with van der Waals surface area (Å²) in [5.41, 5.74) is 8.38. The maximum Gasteiger partial charge on any atom is 0.320 e. The average molecular weight is 362 g/mol. The number of benzene rings is 1. The highest BCUT2D eigenvalue weighted by Crippen LogP contribution is 2.21. The first-order chi connectivity index (χ1) is 11.8. The summed E-state index contributed by atoms with van der Waals surface area (Å²) in [7, 11) is 1.38. The fraction of sp³-hybridized carbons (Fsp3) is 0.235. The minimum atomic E-state index is -0.415. The zero-order valence-corrected chi connectivity index (χ0v) is 14.9. The molecule has 2 aromatic rings. The lowest BCUT2D eigenvalue weighted by molar-refractivity contribution is 0.249. The molecule has 8 heteroatoms. The van der Waals surface area contributed by atoms with Gasteiger partial charge in [0.25, 0.3) is 0 Å². The van der Waals surface area contributed by atoms with Gasteiger partial charge >= 0.3 is 6.03 Å². The van der Waals surface area contributed by atoms with Gasteiger partial charge in [-0.3, -0.25) is 10.7 Å². The van der Waals surface area contributed by atoms with Crippen LogP contribution in [0.25, 0.3) is 0 Å². The summed E-state index contributed by atoms with van der Waals surface area (Å²) in [6.07, 6.45) is 1.38. The molecule has 0 aliphatic rings. The number of halogens is 1.